The fourth-order valence-electron chi connectivity index (χ4n) is 2.25. The first-order valence-electron chi connectivity index (χ1n) is 7.42. The Hall–Kier alpha value is -2.01. The van der Waals surface area contributed by atoms with Crippen molar-refractivity contribution in [2.75, 3.05) is 18.2 Å². The minimum atomic E-state index is -0.303. The van der Waals surface area contributed by atoms with Crippen molar-refractivity contribution in [1.82, 2.24) is 0 Å². The number of hydrogen-bond acceptors (Lipinski definition) is 3. The van der Waals surface area contributed by atoms with E-state index in [1.54, 1.807) is 13.2 Å². The fraction of sp³-hybridized carbons (Fsp3) is 0.278. The molecule has 2 aromatic rings. The summed E-state index contributed by atoms with van der Waals surface area (Å²) in [6.07, 6.45) is 0.865. The maximum atomic E-state index is 13.3. The highest BCUT2D eigenvalue weighted by atomic mass is 32.2. The molecule has 2 aromatic carbocycles. The molecule has 0 heterocycles. The van der Waals surface area contributed by atoms with Gasteiger partial charge in [0.1, 0.15) is 11.6 Å². The molecule has 0 fully saturated rings. The van der Waals surface area contributed by atoms with Crippen molar-refractivity contribution < 1.29 is 13.9 Å². The fourth-order valence-corrected chi connectivity index (χ4v) is 3.06. The first kappa shape index (κ1) is 17.3. The summed E-state index contributed by atoms with van der Waals surface area (Å²) < 4.78 is 18.5. The maximum absolute atomic E-state index is 13.3. The van der Waals surface area contributed by atoms with Crippen molar-refractivity contribution in [1.29, 1.82) is 0 Å². The van der Waals surface area contributed by atoms with Crippen molar-refractivity contribution in [3.63, 3.8) is 0 Å². The molecule has 23 heavy (non-hydrogen) atoms. The van der Waals surface area contributed by atoms with Gasteiger partial charge in [-0.1, -0.05) is 25.1 Å². The Morgan fingerprint density at radius 1 is 1.22 bits per heavy atom. The minimum absolute atomic E-state index is 0.0636. The van der Waals surface area contributed by atoms with Gasteiger partial charge in [0.25, 0.3) is 0 Å². The van der Waals surface area contributed by atoms with E-state index in [1.165, 1.54) is 23.9 Å². The van der Waals surface area contributed by atoms with Gasteiger partial charge in [-0.15, -0.1) is 11.8 Å². The van der Waals surface area contributed by atoms with Crippen LogP contribution in [-0.2, 0) is 17.0 Å². The van der Waals surface area contributed by atoms with Crippen LogP contribution in [0.15, 0.2) is 42.5 Å². The number of benzene rings is 2. The number of ether oxygens (including phenoxy) is 1. The molecule has 5 heteroatoms. The quantitative estimate of drug-likeness (QED) is 0.822. The topological polar surface area (TPSA) is 38.3 Å². The molecule has 0 aliphatic heterocycles. The van der Waals surface area contributed by atoms with Crippen molar-refractivity contribution in [2.24, 2.45) is 0 Å². The zero-order chi connectivity index (χ0) is 16.7. The van der Waals surface area contributed by atoms with E-state index in [0.717, 1.165) is 23.2 Å². The Morgan fingerprint density at radius 3 is 2.74 bits per heavy atom. The largest absolute Gasteiger partial charge is 0.496 e. The predicted octanol–water partition coefficient (Wildman–Crippen LogP) is 4.27. The zero-order valence-electron chi connectivity index (χ0n) is 13.3. The molecule has 2 rings (SSSR count). The van der Waals surface area contributed by atoms with Crippen molar-refractivity contribution in [3.8, 4) is 5.75 Å². The van der Waals surface area contributed by atoms with Crippen LogP contribution in [0, 0.1) is 5.82 Å². The Kier molecular flexibility index (Phi) is 6.47. The van der Waals surface area contributed by atoms with E-state index in [2.05, 4.69) is 12.2 Å². The van der Waals surface area contributed by atoms with E-state index >= 15 is 0 Å². The first-order chi connectivity index (χ1) is 11.1. The lowest BCUT2D eigenvalue weighted by Crippen LogP contribution is -2.15. The minimum Gasteiger partial charge on any atom is -0.496 e. The van der Waals surface area contributed by atoms with Gasteiger partial charge in [-0.05, 0) is 36.2 Å². The Balaban J connectivity index is 1.89. The smallest absolute Gasteiger partial charge is 0.234 e. The van der Waals surface area contributed by atoms with E-state index < -0.39 is 0 Å². The third-order valence-electron chi connectivity index (χ3n) is 3.41. The van der Waals surface area contributed by atoms with Gasteiger partial charge in [0.15, 0.2) is 0 Å². The van der Waals surface area contributed by atoms with E-state index in [0.29, 0.717) is 17.3 Å². The van der Waals surface area contributed by atoms with Crippen LogP contribution in [0.1, 0.15) is 18.1 Å². The summed E-state index contributed by atoms with van der Waals surface area (Å²) in [7, 11) is 1.55. The number of carbonyl (C=O) groups excluding carboxylic acids is 1. The van der Waals surface area contributed by atoms with Crippen LogP contribution in [0.5, 0.6) is 5.75 Å². The van der Waals surface area contributed by atoms with Crippen LogP contribution < -0.4 is 10.1 Å². The normalized spacial score (nSPS) is 10.4. The highest BCUT2D eigenvalue weighted by Gasteiger charge is 2.08. The second-order valence-electron chi connectivity index (χ2n) is 5.01. The van der Waals surface area contributed by atoms with E-state index in [-0.39, 0.29) is 11.7 Å². The predicted molar refractivity (Wildman–Crippen MR) is 93.6 cm³/mol. The SMILES string of the molecule is CCc1ccccc1NC(=O)CSCc1cc(F)ccc1OC. The summed E-state index contributed by atoms with van der Waals surface area (Å²) in [5.41, 5.74) is 2.71. The molecule has 3 nitrogen and oxygen atoms in total. The Morgan fingerprint density at radius 2 is 2.00 bits per heavy atom. The lowest BCUT2D eigenvalue weighted by molar-refractivity contribution is -0.113. The van der Waals surface area contributed by atoms with Crippen LogP contribution in [0.2, 0.25) is 0 Å². The summed E-state index contributed by atoms with van der Waals surface area (Å²) >= 11 is 1.43. The number of halogens is 1. The molecule has 0 aromatic heterocycles. The zero-order valence-corrected chi connectivity index (χ0v) is 14.1. The van der Waals surface area contributed by atoms with Gasteiger partial charge in [0.05, 0.1) is 12.9 Å². The lowest BCUT2D eigenvalue weighted by atomic mass is 10.1. The molecule has 0 aliphatic carbocycles. The molecule has 0 unspecified atom stereocenters. The number of nitrogens with one attached hydrogen (secondary N) is 1. The third kappa shape index (κ3) is 4.99. The highest BCUT2D eigenvalue weighted by Crippen LogP contribution is 2.24. The van der Waals surface area contributed by atoms with E-state index in [9.17, 15) is 9.18 Å². The Labute approximate surface area is 140 Å². The van der Waals surface area contributed by atoms with E-state index in [1.807, 2.05) is 24.3 Å². The van der Waals surface area contributed by atoms with Gasteiger partial charge in [-0.2, -0.15) is 0 Å². The van der Waals surface area contributed by atoms with Crippen LogP contribution in [0.3, 0.4) is 0 Å². The second kappa shape index (κ2) is 8.58. The summed E-state index contributed by atoms with van der Waals surface area (Å²) in [5.74, 6) is 1.09. The van der Waals surface area contributed by atoms with Crippen molar-refractivity contribution >= 4 is 23.4 Å². The number of rotatable bonds is 7. The molecule has 0 spiro atoms. The molecule has 0 aliphatic rings. The lowest BCUT2D eigenvalue weighted by Gasteiger charge is -2.10. The van der Waals surface area contributed by atoms with Gasteiger partial charge < -0.3 is 10.1 Å². The highest BCUT2D eigenvalue weighted by molar-refractivity contribution is 7.99. The van der Waals surface area contributed by atoms with Crippen LogP contribution in [0.4, 0.5) is 10.1 Å². The number of methoxy groups -OCH3 is 1. The van der Waals surface area contributed by atoms with E-state index in [4.69, 9.17) is 4.74 Å². The number of amides is 1. The molecular weight excluding hydrogens is 313 g/mol. The second-order valence-corrected chi connectivity index (χ2v) is 5.99. The molecular formula is C18H20FNO2S. The standard InChI is InChI=1S/C18H20FNO2S/c1-3-13-6-4-5-7-16(13)20-18(21)12-23-11-14-10-15(19)8-9-17(14)22-2/h4-10H,3,11-12H2,1-2H3,(H,20,21). The van der Waals surface area contributed by atoms with Crippen LogP contribution in [-0.4, -0.2) is 18.8 Å². The van der Waals surface area contributed by atoms with Crippen LogP contribution in [0.25, 0.3) is 0 Å². The number of carbonyl (C=O) groups is 1. The molecule has 0 saturated heterocycles. The molecule has 0 bridgehead atoms. The van der Waals surface area contributed by atoms with Crippen molar-refractivity contribution in [3.05, 3.63) is 59.4 Å². The number of aryl methyl sites for hydroxylation is 1. The summed E-state index contributed by atoms with van der Waals surface area (Å²) in [5, 5.41) is 2.92. The molecule has 0 saturated carbocycles. The van der Waals surface area contributed by atoms with Gasteiger partial charge in [0.2, 0.25) is 5.91 Å². The monoisotopic (exact) mass is 333 g/mol. The van der Waals surface area contributed by atoms with Gasteiger partial charge in [-0.25, -0.2) is 4.39 Å². The Bertz CT molecular complexity index is 676. The summed E-state index contributed by atoms with van der Waals surface area (Å²) in [6.45, 7) is 2.05. The van der Waals surface area contributed by atoms with Crippen LogP contribution >= 0.6 is 11.8 Å². The third-order valence-corrected chi connectivity index (χ3v) is 4.39. The number of para-hydroxylation sites is 1. The average Bonchev–Trinajstić information content (AvgIpc) is 2.55. The van der Waals surface area contributed by atoms with Gasteiger partial charge >= 0.3 is 0 Å². The number of hydrogen-bond donors (Lipinski definition) is 1. The number of thioether (sulfide) groups is 1. The molecule has 1 N–H and O–H groups in total. The maximum Gasteiger partial charge on any atom is 0.234 e. The number of anilines is 1. The van der Waals surface area contributed by atoms with Gasteiger partial charge in [-0.3, -0.25) is 4.79 Å². The average molecular weight is 333 g/mol. The molecule has 0 atom stereocenters. The van der Waals surface area contributed by atoms with Crippen molar-refractivity contribution in [2.45, 2.75) is 19.1 Å². The summed E-state index contributed by atoms with van der Waals surface area (Å²) in [4.78, 5) is 12.1. The molecule has 122 valence electrons. The molecule has 1 amide bonds. The molecule has 0 radical (unpaired) electrons. The summed E-state index contributed by atoms with van der Waals surface area (Å²) in [6, 6.07) is 12.2. The van der Waals surface area contributed by atoms with Gasteiger partial charge in [0, 0.05) is 17.0 Å². The first-order valence-corrected chi connectivity index (χ1v) is 8.57.